The summed E-state index contributed by atoms with van der Waals surface area (Å²) in [6.07, 6.45) is -2.53. The number of nitrogens with zero attached hydrogens (tertiary/aromatic N) is 1. The number of nitrogens with two attached hydrogens (primary N) is 1. The van der Waals surface area contributed by atoms with Crippen LogP contribution in [0.1, 0.15) is 18.4 Å². The third kappa shape index (κ3) is 4.38. The van der Waals surface area contributed by atoms with Crippen molar-refractivity contribution in [2.75, 3.05) is 19.6 Å². The number of ether oxygens (including phenoxy) is 1. The summed E-state index contributed by atoms with van der Waals surface area (Å²) in [6, 6.07) is 6.30. The molecule has 6 heteroatoms. The molecule has 112 valence electrons. The summed E-state index contributed by atoms with van der Waals surface area (Å²) in [5.41, 5.74) is 6.23. The van der Waals surface area contributed by atoms with E-state index in [0.29, 0.717) is 24.6 Å². The number of hydrogen-bond acceptors (Lipinski definition) is 3. The molecule has 2 rings (SSSR count). The SMILES string of the molecule is NCC1CCCN(Cc2ccccc2OC(F)(F)F)C1. The van der Waals surface area contributed by atoms with Gasteiger partial charge in [-0.2, -0.15) is 0 Å². The minimum Gasteiger partial charge on any atom is -0.405 e. The second-order valence-corrected chi connectivity index (χ2v) is 5.13. The Balaban J connectivity index is 2.05. The standard InChI is InChI=1S/C14H19F3N2O/c15-14(16,17)20-13-6-2-1-5-12(13)10-19-7-3-4-11(8-18)9-19/h1-2,5-6,11H,3-4,7-10,18H2. The molecular formula is C14H19F3N2O. The molecule has 0 saturated carbocycles. The largest absolute Gasteiger partial charge is 0.573 e. The molecule has 1 fully saturated rings. The van der Waals surface area contributed by atoms with Crippen LogP contribution in [0.15, 0.2) is 24.3 Å². The molecule has 0 radical (unpaired) electrons. The van der Waals surface area contributed by atoms with E-state index in [0.717, 1.165) is 25.9 Å². The first-order valence-corrected chi connectivity index (χ1v) is 6.74. The van der Waals surface area contributed by atoms with E-state index in [4.69, 9.17) is 5.73 Å². The van der Waals surface area contributed by atoms with Crippen molar-refractivity contribution in [2.24, 2.45) is 11.7 Å². The summed E-state index contributed by atoms with van der Waals surface area (Å²) in [7, 11) is 0. The molecule has 1 unspecified atom stereocenters. The maximum absolute atomic E-state index is 12.4. The molecular weight excluding hydrogens is 269 g/mol. The molecule has 1 atom stereocenters. The molecule has 20 heavy (non-hydrogen) atoms. The summed E-state index contributed by atoms with van der Waals surface area (Å²) >= 11 is 0. The van der Waals surface area contributed by atoms with Gasteiger partial charge >= 0.3 is 6.36 Å². The third-order valence-corrected chi connectivity index (χ3v) is 3.53. The van der Waals surface area contributed by atoms with E-state index < -0.39 is 6.36 Å². The Morgan fingerprint density at radius 2 is 2.05 bits per heavy atom. The van der Waals surface area contributed by atoms with E-state index >= 15 is 0 Å². The monoisotopic (exact) mass is 288 g/mol. The van der Waals surface area contributed by atoms with Crippen LogP contribution in [0.25, 0.3) is 0 Å². The fraction of sp³-hybridized carbons (Fsp3) is 0.571. The van der Waals surface area contributed by atoms with Crippen LogP contribution in [0.4, 0.5) is 13.2 Å². The van der Waals surface area contributed by atoms with Gasteiger partial charge < -0.3 is 10.5 Å². The van der Waals surface area contributed by atoms with Gasteiger partial charge in [0.25, 0.3) is 0 Å². The van der Waals surface area contributed by atoms with Gasteiger partial charge in [-0.1, -0.05) is 18.2 Å². The first-order valence-electron chi connectivity index (χ1n) is 6.74. The van der Waals surface area contributed by atoms with Crippen molar-refractivity contribution >= 4 is 0 Å². The van der Waals surface area contributed by atoms with E-state index in [2.05, 4.69) is 9.64 Å². The smallest absolute Gasteiger partial charge is 0.405 e. The molecule has 2 N–H and O–H groups in total. The van der Waals surface area contributed by atoms with Crippen molar-refractivity contribution in [3.63, 3.8) is 0 Å². The van der Waals surface area contributed by atoms with Crippen LogP contribution in [-0.4, -0.2) is 30.9 Å². The van der Waals surface area contributed by atoms with Crippen LogP contribution in [0.3, 0.4) is 0 Å². The minimum absolute atomic E-state index is 0.116. The van der Waals surface area contributed by atoms with Gasteiger partial charge in [0.05, 0.1) is 0 Å². The summed E-state index contributed by atoms with van der Waals surface area (Å²) in [5, 5.41) is 0. The van der Waals surface area contributed by atoms with E-state index in [1.807, 2.05) is 0 Å². The molecule has 0 spiro atoms. The first-order chi connectivity index (χ1) is 9.48. The van der Waals surface area contributed by atoms with E-state index in [-0.39, 0.29) is 5.75 Å². The molecule has 1 aliphatic heterocycles. The highest BCUT2D eigenvalue weighted by Gasteiger charge is 2.32. The van der Waals surface area contributed by atoms with Crippen LogP contribution >= 0.6 is 0 Å². The van der Waals surface area contributed by atoms with Crippen molar-refractivity contribution in [2.45, 2.75) is 25.7 Å². The zero-order chi connectivity index (χ0) is 14.6. The van der Waals surface area contributed by atoms with E-state index in [1.54, 1.807) is 18.2 Å². The summed E-state index contributed by atoms with van der Waals surface area (Å²) < 4.78 is 41.2. The topological polar surface area (TPSA) is 38.5 Å². The Bertz CT molecular complexity index is 437. The van der Waals surface area contributed by atoms with Crippen molar-refractivity contribution in [3.8, 4) is 5.75 Å². The lowest BCUT2D eigenvalue weighted by atomic mass is 9.98. The van der Waals surface area contributed by atoms with Crippen LogP contribution in [-0.2, 0) is 6.54 Å². The fourth-order valence-electron chi connectivity index (χ4n) is 2.59. The van der Waals surface area contributed by atoms with Gasteiger partial charge in [0.15, 0.2) is 0 Å². The quantitative estimate of drug-likeness (QED) is 0.926. The molecule has 3 nitrogen and oxygen atoms in total. The maximum Gasteiger partial charge on any atom is 0.573 e. The molecule has 0 aromatic heterocycles. The summed E-state index contributed by atoms with van der Waals surface area (Å²) in [6.45, 7) is 2.80. The number of likely N-dealkylation sites (tertiary alicyclic amines) is 1. The minimum atomic E-state index is -4.65. The van der Waals surface area contributed by atoms with Gasteiger partial charge in [-0.05, 0) is 37.9 Å². The highest BCUT2D eigenvalue weighted by molar-refractivity contribution is 5.33. The molecule has 1 saturated heterocycles. The van der Waals surface area contributed by atoms with Crippen molar-refractivity contribution in [3.05, 3.63) is 29.8 Å². The molecule has 1 aromatic carbocycles. The van der Waals surface area contributed by atoms with Crippen molar-refractivity contribution in [1.82, 2.24) is 4.90 Å². The van der Waals surface area contributed by atoms with Crippen LogP contribution in [0.5, 0.6) is 5.75 Å². The Hall–Kier alpha value is -1.27. The first kappa shape index (κ1) is 15.1. The normalized spacial score (nSPS) is 20.9. The maximum atomic E-state index is 12.4. The molecule has 1 aliphatic rings. The highest BCUT2D eigenvalue weighted by atomic mass is 19.4. The Morgan fingerprint density at radius 1 is 1.30 bits per heavy atom. The third-order valence-electron chi connectivity index (χ3n) is 3.53. The van der Waals surface area contributed by atoms with Crippen LogP contribution < -0.4 is 10.5 Å². The Morgan fingerprint density at radius 3 is 2.75 bits per heavy atom. The number of alkyl halides is 3. The predicted molar refractivity (Wildman–Crippen MR) is 70.2 cm³/mol. The van der Waals surface area contributed by atoms with Gasteiger partial charge in [0.1, 0.15) is 5.75 Å². The summed E-state index contributed by atoms with van der Waals surface area (Å²) in [5.74, 6) is 0.314. The van der Waals surface area contributed by atoms with Crippen LogP contribution in [0, 0.1) is 5.92 Å². The van der Waals surface area contributed by atoms with Gasteiger partial charge in [-0.15, -0.1) is 13.2 Å². The van der Waals surface area contributed by atoms with E-state index in [1.165, 1.54) is 6.07 Å². The van der Waals surface area contributed by atoms with Gasteiger partial charge in [0, 0.05) is 18.7 Å². The lowest BCUT2D eigenvalue weighted by Gasteiger charge is -2.32. The molecule has 1 aromatic rings. The fourth-order valence-corrected chi connectivity index (χ4v) is 2.59. The Labute approximate surface area is 116 Å². The lowest BCUT2D eigenvalue weighted by Crippen LogP contribution is -2.38. The molecule has 0 bridgehead atoms. The lowest BCUT2D eigenvalue weighted by molar-refractivity contribution is -0.275. The van der Waals surface area contributed by atoms with Crippen LogP contribution in [0.2, 0.25) is 0 Å². The van der Waals surface area contributed by atoms with Crippen molar-refractivity contribution < 1.29 is 17.9 Å². The number of rotatable bonds is 4. The second kappa shape index (κ2) is 6.45. The number of para-hydroxylation sites is 1. The Kier molecular flexibility index (Phi) is 4.88. The zero-order valence-electron chi connectivity index (χ0n) is 11.2. The molecule has 0 aliphatic carbocycles. The summed E-state index contributed by atoms with van der Waals surface area (Å²) in [4.78, 5) is 2.14. The van der Waals surface area contributed by atoms with Crippen molar-refractivity contribution in [1.29, 1.82) is 0 Å². The predicted octanol–water partition coefficient (Wildman–Crippen LogP) is 2.76. The molecule has 1 heterocycles. The number of piperidine rings is 1. The zero-order valence-corrected chi connectivity index (χ0v) is 11.2. The average molecular weight is 288 g/mol. The highest BCUT2D eigenvalue weighted by Crippen LogP contribution is 2.28. The average Bonchev–Trinajstić information content (AvgIpc) is 2.40. The number of benzene rings is 1. The number of halogens is 3. The van der Waals surface area contributed by atoms with Gasteiger partial charge in [0.2, 0.25) is 0 Å². The molecule has 0 amide bonds. The van der Waals surface area contributed by atoms with Gasteiger partial charge in [-0.25, -0.2) is 0 Å². The second-order valence-electron chi connectivity index (χ2n) is 5.13. The number of hydrogen-bond donors (Lipinski definition) is 1. The van der Waals surface area contributed by atoms with Gasteiger partial charge in [-0.3, -0.25) is 4.90 Å². The van der Waals surface area contributed by atoms with E-state index in [9.17, 15) is 13.2 Å².